The molecule has 0 unspecified atom stereocenters. The molecular formula is C13H19NO. The van der Waals surface area contributed by atoms with E-state index in [1.807, 2.05) is 0 Å². The van der Waals surface area contributed by atoms with Crippen molar-refractivity contribution >= 4 is 0 Å². The van der Waals surface area contributed by atoms with E-state index in [9.17, 15) is 0 Å². The van der Waals surface area contributed by atoms with Crippen molar-refractivity contribution < 1.29 is 4.74 Å². The number of aryl methyl sites for hydroxylation is 2. The summed E-state index contributed by atoms with van der Waals surface area (Å²) in [6, 6.07) is 6.47. The molecule has 82 valence electrons. The molecule has 0 saturated heterocycles. The number of benzene rings is 1. The summed E-state index contributed by atoms with van der Waals surface area (Å²) in [5.74, 6) is 0.973. The first kappa shape index (κ1) is 10.5. The van der Waals surface area contributed by atoms with Gasteiger partial charge in [-0.25, -0.2) is 0 Å². The van der Waals surface area contributed by atoms with Crippen LogP contribution in [0.2, 0.25) is 0 Å². The molecule has 2 rings (SSSR count). The number of fused-ring (bicyclic) bond motifs is 1. The van der Waals surface area contributed by atoms with E-state index in [1.54, 1.807) is 0 Å². The van der Waals surface area contributed by atoms with Crippen molar-refractivity contribution in [2.45, 2.75) is 32.1 Å². The van der Waals surface area contributed by atoms with Gasteiger partial charge < -0.3 is 10.5 Å². The molecule has 1 aliphatic carbocycles. The zero-order valence-corrected chi connectivity index (χ0v) is 9.17. The number of hydrogen-bond acceptors (Lipinski definition) is 2. The fourth-order valence-electron chi connectivity index (χ4n) is 2.15. The van der Waals surface area contributed by atoms with Crippen LogP contribution in [0.4, 0.5) is 0 Å². The highest BCUT2D eigenvalue weighted by molar-refractivity contribution is 5.36. The number of rotatable bonds is 3. The number of nitrogens with two attached hydrogens (primary N) is 1. The average Bonchev–Trinajstić information content (AvgIpc) is 2.50. The maximum absolute atomic E-state index is 5.54. The molecule has 1 aromatic carbocycles. The Balaban J connectivity index is 2.13. The summed E-state index contributed by atoms with van der Waals surface area (Å²) in [5, 5.41) is 0. The molecule has 15 heavy (non-hydrogen) atoms. The van der Waals surface area contributed by atoms with Crippen LogP contribution in [0.15, 0.2) is 18.2 Å². The third kappa shape index (κ3) is 2.72. The van der Waals surface area contributed by atoms with Crippen molar-refractivity contribution in [1.82, 2.24) is 0 Å². The Morgan fingerprint density at radius 1 is 1.07 bits per heavy atom. The van der Waals surface area contributed by atoms with Gasteiger partial charge in [0.05, 0.1) is 0 Å². The maximum Gasteiger partial charge on any atom is 0.119 e. The quantitative estimate of drug-likeness (QED) is 0.768. The molecule has 0 heterocycles. The van der Waals surface area contributed by atoms with E-state index < -0.39 is 0 Å². The van der Waals surface area contributed by atoms with Crippen LogP contribution in [0, 0.1) is 0 Å². The minimum absolute atomic E-state index is 0.580. The molecule has 2 heteroatoms. The number of hydrogen-bond donors (Lipinski definition) is 1. The maximum atomic E-state index is 5.54. The van der Waals surface area contributed by atoms with Crippen LogP contribution in [-0.2, 0) is 12.8 Å². The summed E-state index contributed by atoms with van der Waals surface area (Å²) in [5.41, 5.74) is 8.40. The lowest BCUT2D eigenvalue weighted by molar-refractivity contribution is 0.328. The molecule has 0 aliphatic heterocycles. The van der Waals surface area contributed by atoms with Gasteiger partial charge in [-0.3, -0.25) is 0 Å². The Morgan fingerprint density at radius 3 is 2.67 bits per heavy atom. The minimum atomic E-state index is 0.580. The van der Waals surface area contributed by atoms with Gasteiger partial charge in [-0.15, -0.1) is 0 Å². The van der Waals surface area contributed by atoms with Crippen molar-refractivity contribution in [2.75, 3.05) is 13.2 Å². The van der Waals surface area contributed by atoms with Crippen molar-refractivity contribution in [2.24, 2.45) is 5.73 Å². The van der Waals surface area contributed by atoms with Gasteiger partial charge in [-0.1, -0.05) is 12.5 Å². The van der Waals surface area contributed by atoms with Crippen molar-refractivity contribution in [3.8, 4) is 5.75 Å². The largest absolute Gasteiger partial charge is 0.492 e. The zero-order chi connectivity index (χ0) is 10.5. The van der Waals surface area contributed by atoms with E-state index in [2.05, 4.69) is 18.2 Å². The van der Waals surface area contributed by atoms with E-state index in [0.29, 0.717) is 13.2 Å². The lowest BCUT2D eigenvalue weighted by Crippen LogP contribution is -2.10. The predicted molar refractivity (Wildman–Crippen MR) is 62.3 cm³/mol. The van der Waals surface area contributed by atoms with Crippen LogP contribution < -0.4 is 10.5 Å². The van der Waals surface area contributed by atoms with Gasteiger partial charge in [0.15, 0.2) is 0 Å². The van der Waals surface area contributed by atoms with E-state index >= 15 is 0 Å². The summed E-state index contributed by atoms with van der Waals surface area (Å²) < 4.78 is 5.54. The summed E-state index contributed by atoms with van der Waals surface area (Å²) in [6.45, 7) is 1.19. The molecule has 0 atom stereocenters. The molecule has 0 saturated carbocycles. The second-order valence-electron chi connectivity index (χ2n) is 4.13. The van der Waals surface area contributed by atoms with E-state index in [0.717, 1.165) is 5.75 Å². The lowest BCUT2D eigenvalue weighted by Gasteiger charge is -2.09. The Bertz CT molecular complexity index is 322. The van der Waals surface area contributed by atoms with Gasteiger partial charge in [0.1, 0.15) is 12.4 Å². The summed E-state index contributed by atoms with van der Waals surface area (Å²) >= 11 is 0. The van der Waals surface area contributed by atoms with Gasteiger partial charge in [-0.2, -0.15) is 0 Å². The molecule has 2 N–H and O–H groups in total. The monoisotopic (exact) mass is 205 g/mol. The van der Waals surface area contributed by atoms with Crippen molar-refractivity contribution in [1.29, 1.82) is 0 Å². The van der Waals surface area contributed by atoms with Gasteiger partial charge >= 0.3 is 0 Å². The van der Waals surface area contributed by atoms with Crippen molar-refractivity contribution in [3.05, 3.63) is 29.3 Å². The third-order valence-electron chi connectivity index (χ3n) is 2.96. The summed E-state index contributed by atoms with van der Waals surface area (Å²) in [4.78, 5) is 0. The molecule has 0 fully saturated rings. The predicted octanol–water partition coefficient (Wildman–Crippen LogP) is 2.29. The van der Waals surface area contributed by atoms with Gasteiger partial charge in [-0.05, 0) is 48.9 Å². The SMILES string of the molecule is NCCOc1ccc2c(c1)CCCCC2. The summed E-state index contributed by atoms with van der Waals surface area (Å²) in [7, 11) is 0. The number of ether oxygens (including phenoxy) is 1. The first-order chi connectivity index (χ1) is 7.40. The van der Waals surface area contributed by atoms with Crippen LogP contribution in [0.5, 0.6) is 5.75 Å². The van der Waals surface area contributed by atoms with Crippen LogP contribution in [-0.4, -0.2) is 13.2 Å². The highest BCUT2D eigenvalue weighted by atomic mass is 16.5. The Labute approximate surface area is 91.4 Å². The van der Waals surface area contributed by atoms with E-state index in [-0.39, 0.29) is 0 Å². The normalized spacial score (nSPS) is 15.5. The lowest BCUT2D eigenvalue weighted by atomic mass is 10.0. The Kier molecular flexibility index (Phi) is 3.62. The van der Waals surface area contributed by atoms with E-state index in [4.69, 9.17) is 10.5 Å². The Morgan fingerprint density at radius 2 is 1.87 bits per heavy atom. The van der Waals surface area contributed by atoms with Gasteiger partial charge in [0.2, 0.25) is 0 Å². The van der Waals surface area contributed by atoms with Crippen LogP contribution >= 0.6 is 0 Å². The molecule has 1 aliphatic rings. The summed E-state index contributed by atoms with van der Waals surface area (Å²) in [6.07, 6.45) is 6.43. The van der Waals surface area contributed by atoms with E-state index in [1.165, 1.54) is 43.2 Å². The fraction of sp³-hybridized carbons (Fsp3) is 0.538. The third-order valence-corrected chi connectivity index (χ3v) is 2.96. The molecule has 0 bridgehead atoms. The average molecular weight is 205 g/mol. The fourth-order valence-corrected chi connectivity index (χ4v) is 2.15. The second-order valence-corrected chi connectivity index (χ2v) is 4.13. The highest BCUT2D eigenvalue weighted by Gasteiger charge is 2.08. The molecule has 2 nitrogen and oxygen atoms in total. The van der Waals surface area contributed by atoms with Crippen molar-refractivity contribution in [3.63, 3.8) is 0 Å². The smallest absolute Gasteiger partial charge is 0.119 e. The Hall–Kier alpha value is -1.02. The minimum Gasteiger partial charge on any atom is -0.492 e. The first-order valence-electron chi connectivity index (χ1n) is 5.85. The van der Waals surface area contributed by atoms with Crippen LogP contribution in [0.25, 0.3) is 0 Å². The second kappa shape index (κ2) is 5.17. The molecule has 0 aromatic heterocycles. The molecule has 0 spiro atoms. The molecule has 0 amide bonds. The van der Waals surface area contributed by atoms with Gasteiger partial charge in [0.25, 0.3) is 0 Å². The topological polar surface area (TPSA) is 35.2 Å². The standard InChI is InChI=1S/C13H19NO/c14-8-9-15-13-7-6-11-4-2-1-3-5-12(11)10-13/h6-7,10H,1-5,8-9,14H2. The van der Waals surface area contributed by atoms with Crippen LogP contribution in [0.3, 0.4) is 0 Å². The molecular weight excluding hydrogens is 186 g/mol. The first-order valence-corrected chi connectivity index (χ1v) is 5.85. The molecule has 0 radical (unpaired) electrons. The zero-order valence-electron chi connectivity index (χ0n) is 9.17. The molecule has 1 aromatic rings. The van der Waals surface area contributed by atoms with Crippen LogP contribution in [0.1, 0.15) is 30.4 Å². The highest BCUT2D eigenvalue weighted by Crippen LogP contribution is 2.24. The van der Waals surface area contributed by atoms with Gasteiger partial charge in [0, 0.05) is 6.54 Å².